The summed E-state index contributed by atoms with van der Waals surface area (Å²) < 4.78 is 5.99. The first kappa shape index (κ1) is 15.8. The van der Waals surface area contributed by atoms with E-state index in [0.29, 0.717) is 12.2 Å². The second kappa shape index (κ2) is 6.97. The SMILES string of the molecule is CCCNC1CC(C)CC(C)C1CN1CC2CCC(C1)O2. The minimum atomic E-state index is 0.531. The van der Waals surface area contributed by atoms with Crippen molar-refractivity contribution in [3.63, 3.8) is 0 Å². The Kier molecular flexibility index (Phi) is 5.23. The van der Waals surface area contributed by atoms with Crippen molar-refractivity contribution in [1.29, 1.82) is 0 Å². The van der Waals surface area contributed by atoms with Gasteiger partial charge in [-0.2, -0.15) is 0 Å². The van der Waals surface area contributed by atoms with Crippen molar-refractivity contribution < 1.29 is 4.74 Å². The number of hydrogen-bond donors (Lipinski definition) is 1. The zero-order chi connectivity index (χ0) is 14.8. The van der Waals surface area contributed by atoms with Crippen LogP contribution in [0.2, 0.25) is 0 Å². The van der Waals surface area contributed by atoms with Crippen molar-refractivity contribution in [2.45, 2.75) is 71.1 Å². The van der Waals surface area contributed by atoms with Gasteiger partial charge in [0.2, 0.25) is 0 Å². The molecule has 1 saturated carbocycles. The predicted molar refractivity (Wildman–Crippen MR) is 87.5 cm³/mol. The molecule has 3 heteroatoms. The molecular formula is C18H34N2O. The highest BCUT2D eigenvalue weighted by Crippen LogP contribution is 2.35. The lowest BCUT2D eigenvalue weighted by atomic mass is 9.72. The van der Waals surface area contributed by atoms with Crippen LogP contribution in [0.15, 0.2) is 0 Å². The first-order valence-corrected chi connectivity index (χ1v) is 9.27. The standard InChI is InChI=1S/C18H34N2O/c1-4-7-19-18-9-13(2)8-14(3)17(18)12-20-10-15-5-6-16(11-20)21-15/h13-19H,4-12H2,1-3H3. The van der Waals surface area contributed by atoms with Gasteiger partial charge >= 0.3 is 0 Å². The van der Waals surface area contributed by atoms with Crippen LogP contribution in [0.25, 0.3) is 0 Å². The molecule has 6 unspecified atom stereocenters. The first-order chi connectivity index (χ1) is 10.2. The van der Waals surface area contributed by atoms with Crippen molar-refractivity contribution >= 4 is 0 Å². The molecule has 1 N–H and O–H groups in total. The number of morpholine rings is 1. The molecule has 0 aromatic rings. The van der Waals surface area contributed by atoms with Crippen molar-refractivity contribution in [2.75, 3.05) is 26.2 Å². The molecule has 2 saturated heterocycles. The van der Waals surface area contributed by atoms with E-state index in [2.05, 4.69) is 31.0 Å². The summed E-state index contributed by atoms with van der Waals surface area (Å²) in [6.07, 6.45) is 7.66. The van der Waals surface area contributed by atoms with Gasteiger partial charge in [0.15, 0.2) is 0 Å². The Labute approximate surface area is 130 Å². The summed E-state index contributed by atoms with van der Waals surface area (Å²) in [7, 11) is 0. The fourth-order valence-electron chi connectivity index (χ4n) is 4.93. The molecule has 3 nitrogen and oxygen atoms in total. The van der Waals surface area contributed by atoms with Gasteiger partial charge in [0.25, 0.3) is 0 Å². The average molecular weight is 294 g/mol. The summed E-state index contributed by atoms with van der Waals surface area (Å²) in [6.45, 7) is 12.0. The number of nitrogens with one attached hydrogen (secondary N) is 1. The van der Waals surface area contributed by atoms with Gasteiger partial charge in [0.05, 0.1) is 12.2 Å². The van der Waals surface area contributed by atoms with Crippen LogP contribution >= 0.6 is 0 Å². The molecule has 2 aliphatic heterocycles. The van der Waals surface area contributed by atoms with Crippen molar-refractivity contribution in [1.82, 2.24) is 10.2 Å². The zero-order valence-corrected chi connectivity index (χ0v) is 14.2. The number of fused-ring (bicyclic) bond motifs is 2. The van der Waals surface area contributed by atoms with Crippen LogP contribution in [0, 0.1) is 17.8 Å². The Balaban J connectivity index is 1.60. The van der Waals surface area contributed by atoms with Crippen molar-refractivity contribution in [3.05, 3.63) is 0 Å². The van der Waals surface area contributed by atoms with Crippen LogP contribution in [0.5, 0.6) is 0 Å². The van der Waals surface area contributed by atoms with Crippen LogP contribution in [0.4, 0.5) is 0 Å². The van der Waals surface area contributed by atoms with E-state index in [1.807, 2.05) is 0 Å². The lowest BCUT2D eigenvalue weighted by molar-refractivity contribution is -0.0496. The molecule has 2 bridgehead atoms. The van der Waals surface area contributed by atoms with Crippen molar-refractivity contribution in [2.24, 2.45) is 17.8 Å². The highest BCUT2D eigenvalue weighted by molar-refractivity contribution is 4.92. The van der Waals surface area contributed by atoms with Gasteiger partial charge < -0.3 is 10.1 Å². The minimum Gasteiger partial charge on any atom is -0.372 e. The largest absolute Gasteiger partial charge is 0.372 e. The normalized spacial score (nSPS) is 44.1. The number of likely N-dealkylation sites (tertiary alicyclic amines) is 1. The Morgan fingerprint density at radius 1 is 1.10 bits per heavy atom. The molecule has 6 atom stereocenters. The van der Waals surface area contributed by atoms with E-state index in [4.69, 9.17) is 4.74 Å². The molecule has 0 aromatic carbocycles. The van der Waals surface area contributed by atoms with Crippen LogP contribution in [-0.2, 0) is 4.74 Å². The van der Waals surface area contributed by atoms with Crippen LogP contribution < -0.4 is 5.32 Å². The Bertz CT molecular complexity index is 323. The van der Waals surface area contributed by atoms with Crippen molar-refractivity contribution in [3.8, 4) is 0 Å². The Morgan fingerprint density at radius 3 is 2.48 bits per heavy atom. The third-order valence-corrected chi connectivity index (χ3v) is 5.92. The maximum Gasteiger partial charge on any atom is 0.0707 e. The van der Waals surface area contributed by atoms with Gasteiger partial charge in [-0.25, -0.2) is 0 Å². The van der Waals surface area contributed by atoms with E-state index >= 15 is 0 Å². The molecule has 0 spiro atoms. The van der Waals surface area contributed by atoms with Crippen LogP contribution in [0.1, 0.15) is 52.9 Å². The van der Waals surface area contributed by atoms with Gasteiger partial charge in [0, 0.05) is 25.7 Å². The van der Waals surface area contributed by atoms with E-state index in [-0.39, 0.29) is 0 Å². The third kappa shape index (κ3) is 3.80. The molecule has 3 fully saturated rings. The van der Waals surface area contributed by atoms with E-state index in [1.54, 1.807) is 0 Å². The number of rotatable bonds is 5. The summed E-state index contributed by atoms with van der Waals surface area (Å²) >= 11 is 0. The summed E-state index contributed by atoms with van der Waals surface area (Å²) in [5.41, 5.74) is 0. The van der Waals surface area contributed by atoms with Crippen LogP contribution in [-0.4, -0.2) is 49.3 Å². The topological polar surface area (TPSA) is 24.5 Å². The monoisotopic (exact) mass is 294 g/mol. The minimum absolute atomic E-state index is 0.531. The number of hydrogen-bond acceptors (Lipinski definition) is 3. The highest BCUT2D eigenvalue weighted by atomic mass is 16.5. The molecular weight excluding hydrogens is 260 g/mol. The van der Waals surface area contributed by atoms with Gasteiger partial charge in [-0.15, -0.1) is 0 Å². The molecule has 2 heterocycles. The predicted octanol–water partition coefficient (Wildman–Crippen LogP) is 2.90. The molecule has 122 valence electrons. The number of nitrogens with zero attached hydrogens (tertiary/aromatic N) is 1. The second-order valence-corrected chi connectivity index (χ2v) is 7.95. The molecule has 21 heavy (non-hydrogen) atoms. The summed E-state index contributed by atoms with van der Waals surface area (Å²) in [5.74, 6) is 2.56. The summed E-state index contributed by atoms with van der Waals surface area (Å²) in [5, 5.41) is 3.85. The zero-order valence-electron chi connectivity index (χ0n) is 14.2. The van der Waals surface area contributed by atoms with E-state index < -0.39 is 0 Å². The lowest BCUT2D eigenvalue weighted by Gasteiger charge is -2.44. The van der Waals surface area contributed by atoms with E-state index in [9.17, 15) is 0 Å². The molecule has 3 aliphatic rings. The van der Waals surface area contributed by atoms with Gasteiger partial charge in [-0.1, -0.05) is 20.8 Å². The highest BCUT2D eigenvalue weighted by Gasteiger charge is 2.38. The fourth-order valence-corrected chi connectivity index (χ4v) is 4.93. The van der Waals surface area contributed by atoms with Crippen LogP contribution in [0.3, 0.4) is 0 Å². The van der Waals surface area contributed by atoms with Gasteiger partial charge in [0.1, 0.15) is 0 Å². The third-order valence-electron chi connectivity index (χ3n) is 5.92. The lowest BCUT2D eigenvalue weighted by Crippen LogP contribution is -2.52. The summed E-state index contributed by atoms with van der Waals surface area (Å²) in [4.78, 5) is 2.71. The second-order valence-electron chi connectivity index (χ2n) is 7.95. The van der Waals surface area contributed by atoms with E-state index in [0.717, 1.165) is 23.8 Å². The smallest absolute Gasteiger partial charge is 0.0707 e. The molecule has 3 rings (SSSR count). The molecule has 0 amide bonds. The maximum absolute atomic E-state index is 5.99. The van der Waals surface area contributed by atoms with Gasteiger partial charge in [-0.3, -0.25) is 4.90 Å². The Morgan fingerprint density at radius 2 is 1.81 bits per heavy atom. The maximum atomic E-state index is 5.99. The quantitative estimate of drug-likeness (QED) is 0.844. The fraction of sp³-hybridized carbons (Fsp3) is 1.00. The van der Waals surface area contributed by atoms with E-state index in [1.165, 1.54) is 58.3 Å². The average Bonchev–Trinajstić information content (AvgIpc) is 2.79. The first-order valence-electron chi connectivity index (χ1n) is 9.27. The molecule has 0 radical (unpaired) electrons. The summed E-state index contributed by atoms with van der Waals surface area (Å²) in [6, 6.07) is 0.726. The van der Waals surface area contributed by atoms with Gasteiger partial charge in [-0.05, 0) is 56.4 Å². The molecule has 1 aliphatic carbocycles. The number of ether oxygens (including phenoxy) is 1. The Hall–Kier alpha value is -0.120. The molecule has 0 aromatic heterocycles.